The number of hydrogen-bond donors (Lipinski definition) is 1. The molecule has 0 saturated carbocycles. The number of aromatic nitrogens is 2. The van der Waals surface area contributed by atoms with Crippen LogP contribution >= 0.6 is 11.3 Å². The van der Waals surface area contributed by atoms with Crippen LogP contribution in [0.25, 0.3) is 16.3 Å². The number of benzene rings is 1. The van der Waals surface area contributed by atoms with Gasteiger partial charge in [0.25, 0.3) is 0 Å². The second-order valence-corrected chi connectivity index (χ2v) is 10.2. The molecule has 0 radical (unpaired) electrons. The van der Waals surface area contributed by atoms with Crippen LogP contribution in [0.5, 0.6) is 0 Å². The van der Waals surface area contributed by atoms with Crippen LogP contribution in [-0.2, 0) is 14.8 Å². The largest absolute Gasteiger partial charge is 0.354 e. The van der Waals surface area contributed by atoms with E-state index in [1.807, 2.05) is 42.5 Å². The summed E-state index contributed by atoms with van der Waals surface area (Å²) in [6.45, 7) is 2.06. The van der Waals surface area contributed by atoms with Gasteiger partial charge in [-0.25, -0.2) is 18.4 Å². The van der Waals surface area contributed by atoms with Gasteiger partial charge in [0.05, 0.1) is 16.0 Å². The van der Waals surface area contributed by atoms with Crippen LogP contribution in [-0.4, -0.2) is 67.1 Å². The first-order valence-electron chi connectivity index (χ1n) is 9.96. The van der Waals surface area contributed by atoms with Crippen molar-refractivity contribution in [1.29, 1.82) is 0 Å². The average Bonchev–Trinajstić information content (AvgIpc) is 3.21. The summed E-state index contributed by atoms with van der Waals surface area (Å²) in [7, 11) is -3.43. The molecule has 0 spiro atoms. The first-order valence-corrected chi connectivity index (χ1v) is 12.4. The molecule has 0 unspecified atom stereocenters. The van der Waals surface area contributed by atoms with Crippen molar-refractivity contribution in [2.45, 2.75) is 0 Å². The number of para-hydroxylation sites is 1. The molecule has 0 atom stereocenters. The monoisotopic (exact) mass is 457 g/mol. The number of anilines is 1. The minimum absolute atomic E-state index is 0.0613. The summed E-state index contributed by atoms with van der Waals surface area (Å²) in [6.07, 6.45) is 4.76. The van der Waals surface area contributed by atoms with E-state index in [0.717, 1.165) is 21.0 Å². The normalized spacial score (nSPS) is 15.5. The van der Waals surface area contributed by atoms with Crippen LogP contribution in [0.1, 0.15) is 5.01 Å². The van der Waals surface area contributed by atoms with Crippen molar-refractivity contribution in [2.75, 3.05) is 43.4 Å². The zero-order chi connectivity index (χ0) is 21.7. The SMILES string of the molecule is O=C(/C=C/c1nc2ccccc2s1)NCCS(=O)(=O)N1CCN(c2ccccn2)CC1. The molecular weight excluding hydrogens is 434 g/mol. The molecule has 1 aromatic carbocycles. The molecule has 1 saturated heterocycles. The molecule has 4 rings (SSSR count). The van der Waals surface area contributed by atoms with Crippen molar-refractivity contribution in [1.82, 2.24) is 19.6 Å². The molecule has 1 N–H and O–H groups in total. The fraction of sp³-hybridized carbons (Fsp3) is 0.286. The fourth-order valence-electron chi connectivity index (χ4n) is 3.34. The van der Waals surface area contributed by atoms with E-state index in [1.165, 1.54) is 21.7 Å². The molecule has 8 nitrogen and oxygen atoms in total. The van der Waals surface area contributed by atoms with Gasteiger partial charge in [-0.1, -0.05) is 18.2 Å². The Labute approximate surface area is 185 Å². The lowest BCUT2D eigenvalue weighted by atomic mass is 10.3. The van der Waals surface area contributed by atoms with E-state index in [9.17, 15) is 13.2 Å². The molecule has 3 aromatic rings. The summed E-state index contributed by atoms with van der Waals surface area (Å²) in [5.74, 6) is 0.387. The van der Waals surface area contributed by atoms with E-state index in [0.29, 0.717) is 26.2 Å². The van der Waals surface area contributed by atoms with Crippen LogP contribution in [0.3, 0.4) is 0 Å². The third-order valence-electron chi connectivity index (χ3n) is 4.95. The van der Waals surface area contributed by atoms with Crippen molar-refractivity contribution >= 4 is 49.4 Å². The van der Waals surface area contributed by atoms with Gasteiger partial charge in [-0.05, 0) is 30.3 Å². The number of sulfonamides is 1. The lowest BCUT2D eigenvalue weighted by Crippen LogP contribution is -2.50. The van der Waals surface area contributed by atoms with E-state index in [1.54, 1.807) is 12.3 Å². The van der Waals surface area contributed by atoms with E-state index in [4.69, 9.17) is 0 Å². The number of hydrogen-bond acceptors (Lipinski definition) is 7. The summed E-state index contributed by atoms with van der Waals surface area (Å²) < 4.78 is 27.7. The molecule has 2 aromatic heterocycles. The van der Waals surface area contributed by atoms with Gasteiger partial charge >= 0.3 is 0 Å². The van der Waals surface area contributed by atoms with Crippen LogP contribution in [0.4, 0.5) is 5.82 Å². The highest BCUT2D eigenvalue weighted by Gasteiger charge is 2.27. The van der Waals surface area contributed by atoms with E-state index < -0.39 is 10.0 Å². The quantitative estimate of drug-likeness (QED) is 0.545. The molecule has 162 valence electrons. The zero-order valence-corrected chi connectivity index (χ0v) is 18.5. The van der Waals surface area contributed by atoms with E-state index >= 15 is 0 Å². The Kier molecular flexibility index (Phi) is 6.59. The maximum atomic E-state index is 12.6. The number of carbonyl (C=O) groups excluding carboxylic acids is 1. The average molecular weight is 458 g/mol. The maximum Gasteiger partial charge on any atom is 0.244 e. The summed E-state index contributed by atoms with van der Waals surface area (Å²) in [6, 6.07) is 13.4. The van der Waals surface area contributed by atoms with E-state index in [-0.39, 0.29) is 18.2 Å². The molecule has 1 aliphatic heterocycles. The van der Waals surface area contributed by atoms with Gasteiger partial charge in [0.1, 0.15) is 10.8 Å². The second-order valence-electron chi connectivity index (χ2n) is 7.03. The Morgan fingerprint density at radius 1 is 1.10 bits per heavy atom. The van der Waals surface area contributed by atoms with Crippen molar-refractivity contribution < 1.29 is 13.2 Å². The topological polar surface area (TPSA) is 95.5 Å². The van der Waals surface area contributed by atoms with Crippen molar-refractivity contribution in [3.8, 4) is 0 Å². The van der Waals surface area contributed by atoms with Gasteiger partial charge in [0.15, 0.2) is 0 Å². The number of nitrogens with zero attached hydrogens (tertiary/aromatic N) is 4. The van der Waals surface area contributed by atoms with Gasteiger partial charge < -0.3 is 10.2 Å². The number of pyridine rings is 1. The number of rotatable bonds is 7. The predicted octanol–water partition coefficient (Wildman–Crippen LogP) is 1.97. The van der Waals surface area contributed by atoms with E-state index in [2.05, 4.69) is 20.2 Å². The molecule has 0 aliphatic carbocycles. The summed E-state index contributed by atoms with van der Waals surface area (Å²) in [5.41, 5.74) is 0.891. The lowest BCUT2D eigenvalue weighted by Gasteiger charge is -2.34. The molecule has 1 amide bonds. The minimum atomic E-state index is -3.43. The third kappa shape index (κ3) is 5.46. The van der Waals surface area contributed by atoms with Gasteiger partial charge in [-0.2, -0.15) is 4.31 Å². The summed E-state index contributed by atoms with van der Waals surface area (Å²) in [4.78, 5) is 22.9. The fourth-order valence-corrected chi connectivity index (χ4v) is 5.54. The molecule has 1 aliphatic rings. The molecular formula is C21H23N5O3S2. The Hall–Kier alpha value is -2.82. The summed E-state index contributed by atoms with van der Waals surface area (Å²) in [5, 5.41) is 3.37. The highest BCUT2D eigenvalue weighted by molar-refractivity contribution is 7.89. The maximum absolute atomic E-state index is 12.6. The van der Waals surface area contributed by atoms with Crippen molar-refractivity contribution in [3.05, 3.63) is 59.7 Å². The predicted molar refractivity (Wildman–Crippen MR) is 123 cm³/mol. The van der Waals surface area contributed by atoms with Crippen LogP contribution in [0.15, 0.2) is 54.7 Å². The first kappa shape index (κ1) is 21.4. The number of amides is 1. The van der Waals surface area contributed by atoms with Gasteiger partial charge in [-0.3, -0.25) is 4.79 Å². The highest BCUT2D eigenvalue weighted by atomic mass is 32.2. The first-order chi connectivity index (χ1) is 15.0. The smallest absolute Gasteiger partial charge is 0.244 e. The van der Waals surface area contributed by atoms with Crippen LogP contribution in [0, 0.1) is 0 Å². The zero-order valence-electron chi connectivity index (χ0n) is 16.8. The van der Waals surface area contributed by atoms with Crippen molar-refractivity contribution in [2.24, 2.45) is 0 Å². The minimum Gasteiger partial charge on any atom is -0.354 e. The van der Waals surface area contributed by atoms with Gasteiger partial charge in [0, 0.05) is 45.0 Å². The Morgan fingerprint density at radius 2 is 1.87 bits per heavy atom. The van der Waals surface area contributed by atoms with Crippen molar-refractivity contribution in [3.63, 3.8) is 0 Å². The summed E-state index contributed by atoms with van der Waals surface area (Å²) >= 11 is 1.50. The number of carbonyl (C=O) groups is 1. The molecule has 3 heterocycles. The highest BCUT2D eigenvalue weighted by Crippen LogP contribution is 2.22. The number of thiazole rings is 1. The third-order valence-corrected chi connectivity index (χ3v) is 7.83. The molecule has 1 fully saturated rings. The second kappa shape index (κ2) is 9.54. The molecule has 0 bridgehead atoms. The standard InChI is InChI=1S/C21H23N5O3S2/c27-20(8-9-21-24-17-5-1-2-6-18(17)30-21)23-11-16-31(28,29)26-14-12-25(13-15-26)19-7-3-4-10-22-19/h1-10H,11-16H2,(H,23,27)/b9-8+. The van der Waals surface area contributed by atoms with Crippen LogP contribution < -0.4 is 10.2 Å². The number of nitrogens with one attached hydrogen (secondary N) is 1. The molecule has 31 heavy (non-hydrogen) atoms. The lowest BCUT2D eigenvalue weighted by molar-refractivity contribution is -0.116. The van der Waals surface area contributed by atoms with Gasteiger partial charge in [-0.15, -0.1) is 11.3 Å². The molecule has 10 heteroatoms. The van der Waals surface area contributed by atoms with Crippen LogP contribution in [0.2, 0.25) is 0 Å². The Morgan fingerprint density at radius 3 is 2.61 bits per heavy atom. The number of piperazine rings is 1. The van der Waals surface area contributed by atoms with Gasteiger partial charge in [0.2, 0.25) is 15.9 Å². The number of fused-ring (bicyclic) bond motifs is 1. The Bertz CT molecular complexity index is 1140. The Balaban J connectivity index is 1.23.